The Labute approximate surface area is 177 Å². The molecule has 0 atom stereocenters. The SMILES string of the molecule is O=C(NCc1cccc(C(F)(F)F)c1)c1cc2sccc2n1Cc1ccc(F)cc1F. The van der Waals surface area contributed by atoms with Gasteiger partial charge in [-0.2, -0.15) is 13.2 Å². The van der Waals surface area contributed by atoms with E-state index in [0.29, 0.717) is 11.1 Å². The van der Waals surface area contributed by atoms with E-state index in [4.69, 9.17) is 0 Å². The van der Waals surface area contributed by atoms with Gasteiger partial charge in [0, 0.05) is 18.2 Å². The van der Waals surface area contributed by atoms with Gasteiger partial charge in [-0.05, 0) is 41.3 Å². The predicted molar refractivity (Wildman–Crippen MR) is 108 cm³/mol. The maximum absolute atomic E-state index is 14.2. The number of aromatic nitrogens is 1. The molecular weight excluding hydrogens is 435 g/mol. The van der Waals surface area contributed by atoms with E-state index in [0.717, 1.165) is 29.0 Å². The topological polar surface area (TPSA) is 34.0 Å². The summed E-state index contributed by atoms with van der Waals surface area (Å²) in [6.45, 7) is -0.106. The molecule has 0 fully saturated rings. The normalized spacial score (nSPS) is 11.8. The maximum atomic E-state index is 14.2. The summed E-state index contributed by atoms with van der Waals surface area (Å²) >= 11 is 1.40. The lowest BCUT2D eigenvalue weighted by molar-refractivity contribution is -0.137. The zero-order valence-electron chi connectivity index (χ0n) is 15.8. The standard InChI is InChI=1S/C22H15F5N2OS/c23-16-5-4-14(17(24)9-16)12-29-18-6-7-31-20(18)10-19(29)21(30)28-11-13-2-1-3-15(8-13)22(25,26)27/h1-10H,11-12H2,(H,28,30). The number of benzene rings is 2. The average molecular weight is 450 g/mol. The van der Waals surface area contributed by atoms with Gasteiger partial charge in [0.15, 0.2) is 0 Å². The van der Waals surface area contributed by atoms with Gasteiger partial charge in [0.05, 0.1) is 22.3 Å². The highest BCUT2D eigenvalue weighted by Gasteiger charge is 2.30. The predicted octanol–water partition coefficient (Wildman–Crippen LogP) is 5.98. The molecule has 0 aliphatic rings. The quantitative estimate of drug-likeness (QED) is 0.373. The lowest BCUT2D eigenvalue weighted by Gasteiger charge is -2.13. The second-order valence-corrected chi connectivity index (χ2v) is 7.85. The van der Waals surface area contributed by atoms with Crippen LogP contribution >= 0.6 is 11.3 Å². The van der Waals surface area contributed by atoms with E-state index in [-0.39, 0.29) is 24.3 Å². The van der Waals surface area contributed by atoms with E-state index in [1.165, 1.54) is 29.5 Å². The largest absolute Gasteiger partial charge is 0.416 e. The van der Waals surface area contributed by atoms with Gasteiger partial charge in [-0.1, -0.05) is 18.2 Å². The average Bonchev–Trinajstić information content (AvgIpc) is 3.30. The van der Waals surface area contributed by atoms with Crippen molar-refractivity contribution < 1.29 is 26.7 Å². The van der Waals surface area contributed by atoms with Crippen LogP contribution in [0.4, 0.5) is 22.0 Å². The monoisotopic (exact) mass is 450 g/mol. The molecule has 0 spiro atoms. The fraction of sp³-hybridized carbons (Fsp3) is 0.136. The van der Waals surface area contributed by atoms with Crippen molar-refractivity contribution in [3.05, 3.63) is 94.0 Å². The molecule has 9 heteroatoms. The summed E-state index contributed by atoms with van der Waals surface area (Å²) in [5, 5.41) is 4.44. The van der Waals surface area contributed by atoms with Crippen molar-refractivity contribution in [2.45, 2.75) is 19.3 Å². The van der Waals surface area contributed by atoms with Gasteiger partial charge >= 0.3 is 6.18 Å². The van der Waals surface area contributed by atoms with E-state index >= 15 is 0 Å². The highest BCUT2D eigenvalue weighted by molar-refractivity contribution is 7.17. The van der Waals surface area contributed by atoms with Crippen LogP contribution in [0.2, 0.25) is 0 Å². The molecule has 4 rings (SSSR count). The Morgan fingerprint density at radius 2 is 1.84 bits per heavy atom. The number of alkyl halides is 3. The highest BCUT2D eigenvalue weighted by Crippen LogP contribution is 2.30. The maximum Gasteiger partial charge on any atom is 0.416 e. The van der Waals surface area contributed by atoms with Gasteiger partial charge in [0.25, 0.3) is 5.91 Å². The molecule has 4 aromatic rings. The molecule has 0 bridgehead atoms. The summed E-state index contributed by atoms with van der Waals surface area (Å²) in [5.41, 5.74) is 0.648. The highest BCUT2D eigenvalue weighted by atomic mass is 32.1. The van der Waals surface area contributed by atoms with Crippen LogP contribution in [0.3, 0.4) is 0 Å². The van der Waals surface area contributed by atoms with Crippen LogP contribution in [0, 0.1) is 11.6 Å². The van der Waals surface area contributed by atoms with Crippen LogP contribution in [0.15, 0.2) is 60.0 Å². The zero-order chi connectivity index (χ0) is 22.2. The zero-order valence-corrected chi connectivity index (χ0v) is 16.7. The number of carbonyl (C=O) groups is 1. The van der Waals surface area contributed by atoms with Crippen LogP contribution in [0.1, 0.15) is 27.2 Å². The minimum Gasteiger partial charge on any atom is -0.347 e. The fourth-order valence-corrected chi connectivity index (χ4v) is 4.11. The lowest BCUT2D eigenvalue weighted by Crippen LogP contribution is -2.26. The minimum absolute atomic E-state index is 0.00133. The second kappa shape index (κ2) is 8.14. The molecule has 0 unspecified atom stereocenters. The van der Waals surface area contributed by atoms with Crippen molar-refractivity contribution in [1.82, 2.24) is 9.88 Å². The molecule has 0 aliphatic heterocycles. The van der Waals surface area contributed by atoms with Crippen LogP contribution in [0.25, 0.3) is 10.2 Å². The van der Waals surface area contributed by atoms with Crippen LogP contribution in [-0.4, -0.2) is 10.5 Å². The number of nitrogens with zero attached hydrogens (tertiary/aromatic N) is 1. The molecule has 2 aromatic carbocycles. The first-order valence-corrected chi connectivity index (χ1v) is 10.1. The minimum atomic E-state index is -4.47. The summed E-state index contributed by atoms with van der Waals surface area (Å²) in [6.07, 6.45) is -4.47. The van der Waals surface area contributed by atoms with Gasteiger partial charge in [0.2, 0.25) is 0 Å². The number of thiophene rings is 1. The molecule has 0 aliphatic carbocycles. The first-order chi connectivity index (χ1) is 14.7. The third-order valence-corrected chi connectivity index (χ3v) is 5.66. The van der Waals surface area contributed by atoms with Crippen LogP contribution in [0.5, 0.6) is 0 Å². The Kier molecular flexibility index (Phi) is 5.53. The molecule has 2 aromatic heterocycles. The van der Waals surface area contributed by atoms with Gasteiger partial charge in [-0.3, -0.25) is 4.79 Å². The number of amides is 1. The van der Waals surface area contributed by atoms with E-state index in [1.807, 2.05) is 5.38 Å². The van der Waals surface area contributed by atoms with Gasteiger partial charge in [-0.25, -0.2) is 8.78 Å². The molecule has 1 N–H and O–H groups in total. The molecule has 3 nitrogen and oxygen atoms in total. The van der Waals surface area contributed by atoms with Crippen molar-refractivity contribution in [3.63, 3.8) is 0 Å². The van der Waals surface area contributed by atoms with Crippen molar-refractivity contribution in [2.75, 3.05) is 0 Å². The Morgan fingerprint density at radius 1 is 1.03 bits per heavy atom. The molecule has 31 heavy (non-hydrogen) atoms. The Morgan fingerprint density at radius 3 is 2.58 bits per heavy atom. The molecule has 160 valence electrons. The number of fused-ring (bicyclic) bond motifs is 1. The Balaban J connectivity index is 1.59. The summed E-state index contributed by atoms with van der Waals surface area (Å²) in [5.74, 6) is -1.94. The molecule has 2 heterocycles. The third-order valence-electron chi connectivity index (χ3n) is 4.81. The number of rotatable bonds is 5. The van der Waals surface area contributed by atoms with Crippen molar-refractivity contribution >= 4 is 27.5 Å². The molecule has 0 saturated carbocycles. The van der Waals surface area contributed by atoms with Crippen molar-refractivity contribution in [2.24, 2.45) is 0 Å². The number of hydrogen-bond acceptors (Lipinski definition) is 2. The van der Waals surface area contributed by atoms with Crippen LogP contribution in [-0.2, 0) is 19.3 Å². The van der Waals surface area contributed by atoms with Crippen molar-refractivity contribution in [3.8, 4) is 0 Å². The summed E-state index contributed by atoms with van der Waals surface area (Å²) < 4.78 is 68.4. The van der Waals surface area contributed by atoms with Gasteiger partial charge in [-0.15, -0.1) is 11.3 Å². The van der Waals surface area contributed by atoms with Crippen LogP contribution < -0.4 is 5.32 Å². The molecule has 1 amide bonds. The van der Waals surface area contributed by atoms with E-state index in [2.05, 4.69) is 5.32 Å². The third kappa shape index (κ3) is 4.46. The molecule has 0 radical (unpaired) electrons. The number of hydrogen-bond donors (Lipinski definition) is 1. The Bertz CT molecular complexity index is 1260. The van der Waals surface area contributed by atoms with E-state index < -0.39 is 29.3 Å². The van der Waals surface area contributed by atoms with Gasteiger partial charge in [0.1, 0.15) is 17.3 Å². The number of carbonyl (C=O) groups excluding carboxylic acids is 1. The smallest absolute Gasteiger partial charge is 0.347 e. The molecule has 0 saturated heterocycles. The van der Waals surface area contributed by atoms with E-state index in [1.54, 1.807) is 16.7 Å². The van der Waals surface area contributed by atoms with E-state index in [9.17, 15) is 26.7 Å². The second-order valence-electron chi connectivity index (χ2n) is 6.90. The fourth-order valence-electron chi connectivity index (χ4n) is 3.29. The van der Waals surface area contributed by atoms with Crippen molar-refractivity contribution in [1.29, 1.82) is 0 Å². The lowest BCUT2D eigenvalue weighted by atomic mass is 10.1. The first kappa shape index (κ1) is 21.0. The summed E-state index contributed by atoms with van der Waals surface area (Å²) in [7, 11) is 0. The summed E-state index contributed by atoms with van der Waals surface area (Å²) in [4.78, 5) is 12.8. The van der Waals surface area contributed by atoms with Gasteiger partial charge < -0.3 is 9.88 Å². The summed E-state index contributed by atoms with van der Waals surface area (Å²) in [6, 6.07) is 11.4. The first-order valence-electron chi connectivity index (χ1n) is 9.17. The number of halogens is 5. The molecular formula is C22H15F5N2OS. The number of nitrogens with one attached hydrogen (secondary N) is 1. The Hall–Kier alpha value is -3.20.